The van der Waals surface area contributed by atoms with Gasteiger partial charge in [-0.25, -0.2) is 17.5 Å². The molecule has 0 aliphatic heterocycles. The van der Waals surface area contributed by atoms with Crippen LogP contribution in [-0.2, 0) is 21.4 Å². The summed E-state index contributed by atoms with van der Waals surface area (Å²) in [5, 5.41) is 1.49. The van der Waals surface area contributed by atoms with Crippen molar-refractivity contribution in [2.75, 3.05) is 14.1 Å². The van der Waals surface area contributed by atoms with E-state index in [4.69, 9.17) is 16.3 Å². The quantitative estimate of drug-likeness (QED) is 0.593. The zero-order chi connectivity index (χ0) is 18.9. The Kier molecular flexibility index (Phi) is 5.34. The van der Waals surface area contributed by atoms with Gasteiger partial charge in [-0.2, -0.15) is 0 Å². The van der Waals surface area contributed by atoms with Gasteiger partial charge >= 0.3 is 5.97 Å². The molecule has 0 atom stereocenters. The van der Waals surface area contributed by atoms with Crippen LogP contribution in [0.5, 0.6) is 0 Å². The number of hydrogen-bond donors (Lipinski definition) is 0. The van der Waals surface area contributed by atoms with Crippen LogP contribution in [-0.4, -0.2) is 32.8 Å². The normalized spacial score (nSPS) is 11.8. The number of sulfonamides is 1. The van der Waals surface area contributed by atoms with Crippen LogP contribution in [0.4, 0.5) is 0 Å². The Morgan fingerprint density at radius 3 is 2.58 bits per heavy atom. The Morgan fingerprint density at radius 1 is 1.15 bits per heavy atom. The predicted octanol–water partition coefficient (Wildman–Crippen LogP) is 4.16. The Bertz CT molecular complexity index is 1070. The molecule has 0 spiro atoms. The average Bonchev–Trinajstić information content (AvgIpc) is 2.96. The van der Waals surface area contributed by atoms with E-state index in [-0.39, 0.29) is 17.1 Å². The van der Waals surface area contributed by atoms with Crippen LogP contribution in [0.2, 0.25) is 5.02 Å². The van der Waals surface area contributed by atoms with Gasteiger partial charge in [-0.3, -0.25) is 0 Å². The minimum atomic E-state index is -3.62. The van der Waals surface area contributed by atoms with Crippen LogP contribution in [0.15, 0.2) is 53.4 Å². The summed E-state index contributed by atoms with van der Waals surface area (Å²) >= 11 is 7.80. The first-order valence-electron chi connectivity index (χ1n) is 7.66. The minimum Gasteiger partial charge on any atom is -0.456 e. The van der Waals surface area contributed by atoms with Gasteiger partial charge in [-0.05, 0) is 24.3 Å². The second kappa shape index (κ2) is 7.36. The fraction of sp³-hybridized carbons (Fsp3) is 0.167. The van der Waals surface area contributed by atoms with E-state index >= 15 is 0 Å². The Labute approximate surface area is 160 Å². The van der Waals surface area contributed by atoms with E-state index in [1.807, 2.05) is 24.3 Å². The summed E-state index contributed by atoms with van der Waals surface area (Å²) in [4.78, 5) is 13.1. The molecule has 1 aromatic heterocycles. The second-order valence-electron chi connectivity index (χ2n) is 5.73. The van der Waals surface area contributed by atoms with Gasteiger partial charge in [0.15, 0.2) is 0 Å². The third kappa shape index (κ3) is 3.61. The molecule has 1 heterocycles. The maximum Gasteiger partial charge on any atom is 0.338 e. The van der Waals surface area contributed by atoms with Crippen molar-refractivity contribution >= 4 is 49.0 Å². The lowest BCUT2D eigenvalue weighted by atomic mass is 10.2. The van der Waals surface area contributed by atoms with Crippen molar-refractivity contribution in [1.29, 1.82) is 0 Å². The number of benzene rings is 2. The van der Waals surface area contributed by atoms with E-state index in [9.17, 15) is 13.2 Å². The smallest absolute Gasteiger partial charge is 0.338 e. The molecular weight excluding hydrogens is 394 g/mol. The van der Waals surface area contributed by atoms with Crippen LogP contribution in [0, 0.1) is 0 Å². The van der Waals surface area contributed by atoms with Gasteiger partial charge in [0.25, 0.3) is 0 Å². The zero-order valence-electron chi connectivity index (χ0n) is 14.1. The van der Waals surface area contributed by atoms with E-state index in [1.165, 1.54) is 49.7 Å². The number of fused-ring (bicyclic) bond motifs is 1. The first kappa shape index (κ1) is 18.8. The molecule has 0 aliphatic carbocycles. The van der Waals surface area contributed by atoms with Gasteiger partial charge in [0.2, 0.25) is 10.0 Å². The summed E-state index contributed by atoms with van der Waals surface area (Å²) in [6.45, 7) is 0.0294. The molecule has 136 valence electrons. The van der Waals surface area contributed by atoms with Crippen molar-refractivity contribution in [2.45, 2.75) is 11.5 Å². The van der Waals surface area contributed by atoms with Crippen molar-refractivity contribution in [1.82, 2.24) is 4.31 Å². The van der Waals surface area contributed by atoms with E-state index in [0.717, 1.165) is 19.3 Å². The highest BCUT2D eigenvalue weighted by Gasteiger charge is 2.19. The van der Waals surface area contributed by atoms with E-state index < -0.39 is 16.0 Å². The molecule has 2 aromatic carbocycles. The van der Waals surface area contributed by atoms with Crippen LogP contribution in [0.1, 0.15) is 15.2 Å². The number of rotatable bonds is 5. The summed E-state index contributed by atoms with van der Waals surface area (Å²) < 4.78 is 31.8. The summed E-state index contributed by atoms with van der Waals surface area (Å²) in [5.41, 5.74) is 0.171. The Hall–Kier alpha value is -1.93. The number of thiophene rings is 1. The number of halogens is 1. The first-order valence-corrected chi connectivity index (χ1v) is 10.3. The van der Waals surface area contributed by atoms with Crippen molar-refractivity contribution in [2.24, 2.45) is 0 Å². The Balaban J connectivity index is 1.79. The number of esters is 1. The van der Waals surface area contributed by atoms with Crippen LogP contribution >= 0.6 is 22.9 Å². The van der Waals surface area contributed by atoms with Crippen molar-refractivity contribution in [3.63, 3.8) is 0 Å². The van der Waals surface area contributed by atoms with Gasteiger partial charge in [-0.1, -0.05) is 35.9 Å². The number of carbonyl (C=O) groups is 1. The third-order valence-corrected chi connectivity index (χ3v) is 7.28. The fourth-order valence-corrected chi connectivity index (χ4v) is 4.72. The predicted molar refractivity (Wildman–Crippen MR) is 103 cm³/mol. The van der Waals surface area contributed by atoms with E-state index in [1.54, 1.807) is 0 Å². The monoisotopic (exact) mass is 409 g/mol. The number of hydrogen-bond acceptors (Lipinski definition) is 5. The van der Waals surface area contributed by atoms with Gasteiger partial charge < -0.3 is 4.74 Å². The number of carbonyl (C=O) groups excluding carboxylic acids is 1. The maximum absolute atomic E-state index is 12.3. The molecule has 0 aliphatic rings. The molecule has 0 amide bonds. The lowest BCUT2D eigenvalue weighted by Crippen LogP contribution is -2.22. The van der Waals surface area contributed by atoms with Crippen LogP contribution in [0.3, 0.4) is 0 Å². The van der Waals surface area contributed by atoms with Gasteiger partial charge in [0, 0.05) is 24.2 Å². The molecule has 3 aromatic rings. The van der Waals surface area contributed by atoms with Crippen molar-refractivity contribution < 1.29 is 17.9 Å². The average molecular weight is 410 g/mol. The molecular formula is C18H16ClNO4S2. The summed E-state index contributed by atoms with van der Waals surface area (Å²) in [6.07, 6.45) is 0. The number of nitrogens with zero attached hydrogens (tertiary/aromatic N) is 1. The lowest BCUT2D eigenvalue weighted by Gasteiger charge is -2.12. The second-order valence-corrected chi connectivity index (χ2v) is 9.39. The molecule has 0 saturated carbocycles. The topological polar surface area (TPSA) is 63.7 Å². The van der Waals surface area contributed by atoms with Gasteiger partial charge in [0.05, 0.1) is 20.4 Å². The largest absolute Gasteiger partial charge is 0.456 e. The van der Waals surface area contributed by atoms with Crippen molar-refractivity contribution in [3.05, 3.63) is 64.0 Å². The van der Waals surface area contributed by atoms with Gasteiger partial charge in [0.1, 0.15) is 6.61 Å². The molecule has 0 unspecified atom stereocenters. The SMILES string of the molecule is CN(C)S(=O)(=O)c1cccc(C(=O)OCc2sc3ccccc3c2Cl)c1. The molecule has 8 heteroatoms. The van der Waals surface area contributed by atoms with Crippen LogP contribution in [0.25, 0.3) is 10.1 Å². The summed E-state index contributed by atoms with van der Waals surface area (Å²) in [6, 6.07) is 13.5. The number of ether oxygens (including phenoxy) is 1. The highest BCUT2D eigenvalue weighted by molar-refractivity contribution is 7.89. The molecule has 0 saturated heterocycles. The maximum atomic E-state index is 12.3. The lowest BCUT2D eigenvalue weighted by molar-refractivity contribution is 0.0476. The molecule has 5 nitrogen and oxygen atoms in total. The zero-order valence-corrected chi connectivity index (χ0v) is 16.5. The standard InChI is InChI=1S/C18H16ClNO4S2/c1-20(2)26(22,23)13-7-5-6-12(10-13)18(21)24-11-16-17(19)14-8-3-4-9-15(14)25-16/h3-10H,11H2,1-2H3. The molecule has 0 fully saturated rings. The molecule has 26 heavy (non-hydrogen) atoms. The molecule has 3 rings (SSSR count). The highest BCUT2D eigenvalue weighted by atomic mass is 35.5. The Morgan fingerprint density at radius 2 is 1.88 bits per heavy atom. The van der Waals surface area contributed by atoms with Gasteiger partial charge in [-0.15, -0.1) is 11.3 Å². The van der Waals surface area contributed by atoms with Crippen LogP contribution < -0.4 is 0 Å². The minimum absolute atomic E-state index is 0.0294. The third-order valence-electron chi connectivity index (χ3n) is 3.78. The summed E-state index contributed by atoms with van der Waals surface area (Å²) in [7, 11) is -0.749. The first-order chi connectivity index (χ1) is 12.3. The van der Waals surface area contributed by atoms with Crippen molar-refractivity contribution in [3.8, 4) is 0 Å². The molecule has 0 bridgehead atoms. The van der Waals surface area contributed by atoms with E-state index in [0.29, 0.717) is 5.02 Å². The fourth-order valence-electron chi connectivity index (χ4n) is 2.37. The molecule has 0 radical (unpaired) electrons. The molecule has 0 N–H and O–H groups in total. The summed E-state index contributed by atoms with van der Waals surface area (Å²) in [5.74, 6) is -0.602. The van der Waals surface area contributed by atoms with E-state index in [2.05, 4.69) is 0 Å². The highest BCUT2D eigenvalue weighted by Crippen LogP contribution is 2.35.